The van der Waals surface area contributed by atoms with Crippen LogP contribution in [0.5, 0.6) is 0 Å². The van der Waals surface area contributed by atoms with Gasteiger partial charge in [0.05, 0.1) is 6.61 Å². The number of carbonyl (C=O) groups is 1. The third-order valence-electron chi connectivity index (χ3n) is 4.06. The summed E-state index contributed by atoms with van der Waals surface area (Å²) in [6.07, 6.45) is 0.790. The van der Waals surface area contributed by atoms with E-state index >= 15 is 0 Å². The van der Waals surface area contributed by atoms with Gasteiger partial charge in [-0.3, -0.25) is 19.1 Å². The van der Waals surface area contributed by atoms with Crippen LogP contribution in [0.4, 0.5) is 11.5 Å². The molecule has 148 valence electrons. The number of thiophene rings is 1. The summed E-state index contributed by atoms with van der Waals surface area (Å²) in [7, 11) is 1.52. The SMILES string of the molecule is COCCN(C(=O)CCc1ccsc1)c1c(N)n(CC(C)C)c(=O)[nH]c1=O. The molecule has 27 heavy (non-hydrogen) atoms. The lowest BCUT2D eigenvalue weighted by atomic mass is 10.1. The molecule has 0 aromatic carbocycles. The second-order valence-corrected chi connectivity index (χ2v) is 7.45. The molecule has 0 aliphatic carbocycles. The van der Waals surface area contributed by atoms with E-state index in [-0.39, 0.29) is 42.9 Å². The first kappa shape index (κ1) is 20.9. The predicted octanol–water partition coefficient (Wildman–Crippen LogP) is 1.45. The highest BCUT2D eigenvalue weighted by molar-refractivity contribution is 7.07. The number of hydrogen-bond acceptors (Lipinski definition) is 6. The molecule has 2 aromatic rings. The number of aromatic amines is 1. The van der Waals surface area contributed by atoms with Crippen LogP contribution < -0.4 is 21.9 Å². The summed E-state index contributed by atoms with van der Waals surface area (Å²) in [6.45, 7) is 4.63. The van der Waals surface area contributed by atoms with Gasteiger partial charge in [-0.1, -0.05) is 13.8 Å². The van der Waals surface area contributed by atoms with Crippen molar-refractivity contribution in [3.05, 3.63) is 43.2 Å². The van der Waals surface area contributed by atoms with E-state index in [9.17, 15) is 14.4 Å². The first-order chi connectivity index (χ1) is 12.8. The molecule has 2 rings (SSSR count). The number of carbonyl (C=O) groups excluding carboxylic acids is 1. The monoisotopic (exact) mass is 394 g/mol. The zero-order valence-corrected chi connectivity index (χ0v) is 16.7. The Bertz CT molecular complexity index is 870. The number of nitrogens with zero attached hydrogens (tertiary/aromatic N) is 2. The van der Waals surface area contributed by atoms with Crippen molar-refractivity contribution in [2.75, 3.05) is 30.9 Å². The molecule has 2 aromatic heterocycles. The van der Waals surface area contributed by atoms with Gasteiger partial charge in [-0.05, 0) is 34.7 Å². The normalized spacial score (nSPS) is 11.1. The number of anilines is 2. The van der Waals surface area contributed by atoms with Gasteiger partial charge in [0, 0.05) is 26.6 Å². The van der Waals surface area contributed by atoms with Crippen LogP contribution in [-0.4, -0.2) is 35.7 Å². The molecule has 0 spiro atoms. The molecule has 0 saturated carbocycles. The number of methoxy groups -OCH3 is 1. The van der Waals surface area contributed by atoms with E-state index in [1.807, 2.05) is 30.7 Å². The van der Waals surface area contributed by atoms with Gasteiger partial charge in [-0.25, -0.2) is 4.79 Å². The number of hydrogen-bond donors (Lipinski definition) is 2. The van der Waals surface area contributed by atoms with Gasteiger partial charge in [0.1, 0.15) is 5.82 Å². The third kappa shape index (κ3) is 5.30. The molecule has 1 amide bonds. The van der Waals surface area contributed by atoms with Crippen LogP contribution in [0.3, 0.4) is 0 Å². The number of aryl methyl sites for hydroxylation is 1. The van der Waals surface area contributed by atoms with E-state index in [1.54, 1.807) is 11.3 Å². The first-order valence-corrected chi connectivity index (χ1v) is 9.72. The molecule has 2 heterocycles. The Labute approximate surface area is 161 Å². The fourth-order valence-corrected chi connectivity index (χ4v) is 3.45. The minimum absolute atomic E-state index is 0.00237. The summed E-state index contributed by atoms with van der Waals surface area (Å²) in [4.78, 5) is 41.0. The molecule has 0 saturated heterocycles. The van der Waals surface area contributed by atoms with Gasteiger partial charge < -0.3 is 15.4 Å². The van der Waals surface area contributed by atoms with Gasteiger partial charge in [-0.15, -0.1) is 0 Å². The second-order valence-electron chi connectivity index (χ2n) is 6.67. The van der Waals surface area contributed by atoms with Gasteiger partial charge >= 0.3 is 5.69 Å². The Morgan fingerprint density at radius 2 is 2.15 bits per heavy atom. The molecule has 8 nitrogen and oxygen atoms in total. The van der Waals surface area contributed by atoms with E-state index in [1.165, 1.54) is 16.6 Å². The number of ether oxygens (including phenoxy) is 1. The average Bonchev–Trinajstić information content (AvgIpc) is 3.12. The number of nitrogens with one attached hydrogen (secondary N) is 1. The molecule has 3 N–H and O–H groups in total. The zero-order valence-electron chi connectivity index (χ0n) is 15.9. The highest BCUT2D eigenvalue weighted by atomic mass is 32.1. The quantitative estimate of drug-likeness (QED) is 0.669. The summed E-state index contributed by atoms with van der Waals surface area (Å²) in [5.41, 5.74) is 5.96. The lowest BCUT2D eigenvalue weighted by Crippen LogP contribution is -2.43. The fourth-order valence-electron chi connectivity index (χ4n) is 2.75. The Kier molecular flexibility index (Phi) is 7.37. The third-order valence-corrected chi connectivity index (χ3v) is 4.79. The number of nitrogen functional groups attached to an aromatic ring is 1. The summed E-state index contributed by atoms with van der Waals surface area (Å²) in [6, 6.07) is 1.96. The highest BCUT2D eigenvalue weighted by Crippen LogP contribution is 2.19. The lowest BCUT2D eigenvalue weighted by molar-refractivity contribution is -0.118. The van der Waals surface area contributed by atoms with Crippen molar-refractivity contribution in [2.45, 2.75) is 33.2 Å². The summed E-state index contributed by atoms with van der Waals surface area (Å²) in [5.74, 6) is -0.104. The second kappa shape index (κ2) is 9.52. The maximum atomic E-state index is 12.8. The Morgan fingerprint density at radius 1 is 1.41 bits per heavy atom. The molecule has 0 radical (unpaired) electrons. The topological polar surface area (TPSA) is 110 Å². The van der Waals surface area contributed by atoms with E-state index in [4.69, 9.17) is 10.5 Å². The van der Waals surface area contributed by atoms with Crippen LogP contribution in [0.25, 0.3) is 0 Å². The van der Waals surface area contributed by atoms with Crippen LogP contribution >= 0.6 is 11.3 Å². The fraction of sp³-hybridized carbons (Fsp3) is 0.500. The molecular formula is C18H26N4O4S. The number of H-pyrrole nitrogens is 1. The number of aromatic nitrogens is 2. The number of amides is 1. The van der Waals surface area contributed by atoms with Crippen LogP contribution in [-0.2, 0) is 22.5 Å². The average molecular weight is 394 g/mol. The predicted molar refractivity (Wildman–Crippen MR) is 107 cm³/mol. The van der Waals surface area contributed by atoms with Gasteiger partial charge in [0.25, 0.3) is 5.56 Å². The standard InChI is InChI=1S/C18H26N4O4S/c1-12(2)10-22-16(19)15(17(24)20-18(22)25)21(7-8-26-3)14(23)5-4-13-6-9-27-11-13/h6,9,11-12H,4-5,7-8,10,19H2,1-3H3,(H,20,24,25). The molecule has 0 aliphatic rings. The smallest absolute Gasteiger partial charge is 0.330 e. The van der Waals surface area contributed by atoms with Crippen LogP contribution in [0.15, 0.2) is 26.4 Å². The maximum Gasteiger partial charge on any atom is 0.330 e. The van der Waals surface area contributed by atoms with Crippen molar-refractivity contribution in [3.8, 4) is 0 Å². The molecule has 0 aliphatic heterocycles. The zero-order chi connectivity index (χ0) is 20.0. The van der Waals surface area contributed by atoms with Gasteiger partial charge in [-0.2, -0.15) is 11.3 Å². The van der Waals surface area contributed by atoms with Crippen LogP contribution in [0, 0.1) is 5.92 Å². The minimum atomic E-state index is -0.669. The van der Waals surface area contributed by atoms with Crippen molar-refractivity contribution in [2.24, 2.45) is 5.92 Å². The summed E-state index contributed by atoms with van der Waals surface area (Å²) < 4.78 is 6.38. The van der Waals surface area contributed by atoms with Crippen molar-refractivity contribution in [1.82, 2.24) is 9.55 Å². The van der Waals surface area contributed by atoms with Gasteiger partial charge in [0.2, 0.25) is 5.91 Å². The molecule has 0 fully saturated rings. The van der Waals surface area contributed by atoms with Crippen LogP contribution in [0.2, 0.25) is 0 Å². The Balaban J connectivity index is 2.38. The largest absolute Gasteiger partial charge is 0.383 e. The maximum absolute atomic E-state index is 12.8. The minimum Gasteiger partial charge on any atom is -0.383 e. The van der Waals surface area contributed by atoms with Crippen molar-refractivity contribution < 1.29 is 9.53 Å². The van der Waals surface area contributed by atoms with Crippen molar-refractivity contribution in [1.29, 1.82) is 0 Å². The number of nitrogens with two attached hydrogens (primary N) is 1. The van der Waals surface area contributed by atoms with E-state index in [2.05, 4.69) is 4.98 Å². The Hall–Kier alpha value is -2.39. The van der Waals surface area contributed by atoms with Gasteiger partial charge in [0.15, 0.2) is 5.69 Å². The number of rotatable bonds is 9. The molecule has 0 unspecified atom stereocenters. The Morgan fingerprint density at radius 3 is 2.74 bits per heavy atom. The van der Waals surface area contributed by atoms with E-state index in [0.717, 1.165) is 5.56 Å². The first-order valence-electron chi connectivity index (χ1n) is 8.78. The molecular weight excluding hydrogens is 368 g/mol. The highest BCUT2D eigenvalue weighted by Gasteiger charge is 2.24. The lowest BCUT2D eigenvalue weighted by Gasteiger charge is -2.24. The van der Waals surface area contributed by atoms with E-state index in [0.29, 0.717) is 13.0 Å². The molecule has 9 heteroatoms. The molecule has 0 bridgehead atoms. The van der Waals surface area contributed by atoms with Crippen molar-refractivity contribution >= 4 is 28.7 Å². The van der Waals surface area contributed by atoms with Crippen LogP contribution in [0.1, 0.15) is 25.8 Å². The van der Waals surface area contributed by atoms with Crippen molar-refractivity contribution in [3.63, 3.8) is 0 Å². The summed E-state index contributed by atoms with van der Waals surface area (Å²) in [5, 5.41) is 3.93. The summed E-state index contributed by atoms with van der Waals surface area (Å²) >= 11 is 1.57. The van der Waals surface area contributed by atoms with E-state index < -0.39 is 11.2 Å². The molecule has 0 atom stereocenters.